The van der Waals surface area contributed by atoms with Crippen LogP contribution in [0.2, 0.25) is 0 Å². The minimum Gasteiger partial charge on any atom is -0.385 e. The zero-order valence-corrected chi connectivity index (χ0v) is 13.0. The number of anilines is 1. The summed E-state index contributed by atoms with van der Waals surface area (Å²) in [6.07, 6.45) is -1.86. The minimum atomic E-state index is -1.94. The van der Waals surface area contributed by atoms with E-state index in [2.05, 4.69) is 10.3 Å². The van der Waals surface area contributed by atoms with Crippen molar-refractivity contribution in [2.45, 2.75) is 37.6 Å². The van der Waals surface area contributed by atoms with Gasteiger partial charge in [-0.1, -0.05) is 12.1 Å². The van der Waals surface area contributed by atoms with Crippen molar-refractivity contribution in [2.24, 2.45) is 10.7 Å². The number of halogens is 2. The number of amidine groups is 1. The number of hydrogen-bond donors (Lipinski definition) is 2. The molecule has 110 valence electrons. The van der Waals surface area contributed by atoms with Crippen molar-refractivity contribution in [3.05, 3.63) is 29.8 Å². The van der Waals surface area contributed by atoms with Gasteiger partial charge in [-0.2, -0.15) is 0 Å². The Hall–Kier alpha value is -1.45. The van der Waals surface area contributed by atoms with Gasteiger partial charge >= 0.3 is 0 Å². The van der Waals surface area contributed by atoms with E-state index in [0.717, 1.165) is 0 Å². The molecule has 2 radical (unpaired) electrons. The van der Waals surface area contributed by atoms with E-state index >= 15 is 0 Å². The maximum atomic E-state index is 14.5. The van der Waals surface area contributed by atoms with Gasteiger partial charge < -0.3 is 15.8 Å². The molecule has 3 N–H and O–H groups in total. The summed E-state index contributed by atoms with van der Waals surface area (Å²) in [7, 11) is 0. The normalized spacial score (nSPS) is 32.4. The van der Waals surface area contributed by atoms with Gasteiger partial charge in [0.1, 0.15) is 22.3 Å². The van der Waals surface area contributed by atoms with Gasteiger partial charge in [-0.3, -0.25) is 4.99 Å². The molecule has 1 aromatic carbocycles. The number of nitrogens with two attached hydrogens (primary N) is 1. The smallest absolute Gasteiger partial charge is 0.281 e. The van der Waals surface area contributed by atoms with Crippen LogP contribution in [0.1, 0.15) is 25.8 Å². The molecule has 0 saturated carbocycles. The average Bonchev–Trinajstić information content (AvgIpc) is 2.36. The molecule has 2 rings (SSSR count). The van der Waals surface area contributed by atoms with Gasteiger partial charge in [0.2, 0.25) is 0 Å². The summed E-state index contributed by atoms with van der Waals surface area (Å²) in [5.74, 6) is -0.209. The van der Waals surface area contributed by atoms with E-state index in [0.29, 0.717) is 11.3 Å². The van der Waals surface area contributed by atoms with Gasteiger partial charge in [-0.05, 0) is 31.5 Å². The van der Waals surface area contributed by atoms with Crippen molar-refractivity contribution < 1.29 is 13.6 Å². The van der Waals surface area contributed by atoms with Crippen LogP contribution < -0.4 is 11.1 Å². The average molecular weight is 307 g/mol. The number of rotatable bonds is 2. The topological polar surface area (TPSA) is 67.5 Å². The molecule has 1 amide bonds. The zero-order valence-electron chi connectivity index (χ0n) is 11.9. The van der Waals surface area contributed by atoms with Crippen molar-refractivity contribution in [2.75, 3.05) is 5.32 Å². The minimum absolute atomic E-state index is 0.209. The van der Waals surface area contributed by atoms with Crippen LogP contribution in [0.15, 0.2) is 29.3 Å². The molecule has 0 spiro atoms. The third-order valence-electron chi connectivity index (χ3n) is 3.77. The number of benzene rings is 1. The third kappa shape index (κ3) is 3.09. The molecule has 0 bridgehead atoms. The number of nitrogens with zero attached hydrogens (tertiary/aromatic N) is 1. The van der Waals surface area contributed by atoms with E-state index in [1.807, 2.05) is 16.3 Å². The number of carbonyl (C=O) groups excluding carboxylic acids is 1. The van der Waals surface area contributed by atoms with Crippen LogP contribution in [0.3, 0.4) is 0 Å². The van der Waals surface area contributed by atoms with Gasteiger partial charge in [0, 0.05) is 12.1 Å². The first-order valence-electron chi connectivity index (χ1n) is 6.51. The molecule has 4 nitrogen and oxygen atoms in total. The number of amides is 1. The lowest BCUT2D eigenvalue weighted by molar-refractivity contribution is 0.109. The van der Waals surface area contributed by atoms with Crippen LogP contribution in [-0.2, 0) is 5.54 Å². The van der Waals surface area contributed by atoms with Crippen molar-refractivity contribution in [1.29, 1.82) is 0 Å². The van der Waals surface area contributed by atoms with E-state index < -0.39 is 17.4 Å². The standard InChI is InChI=1S/C14H16F2N3O.Al/c1-13(16)7-11(15)14(2,19-12(13)17)9-4-3-5-10(6-9)18-8-20;/h3-6,11H,7H2,1-2H3,(H2,17,19)(H,18,20);/t11?,13?,14-;/m1./s1. The molecule has 0 aromatic heterocycles. The number of aliphatic imine (C=N–C) groups is 1. The first-order chi connectivity index (χ1) is 9.65. The van der Waals surface area contributed by atoms with Crippen molar-refractivity contribution in [1.82, 2.24) is 0 Å². The molecule has 3 atom stereocenters. The Bertz CT molecular complexity index is 606. The molecule has 1 heterocycles. The summed E-state index contributed by atoms with van der Waals surface area (Å²) in [5, 5.41) is 2.59. The monoisotopic (exact) mass is 307 g/mol. The summed E-state index contributed by atoms with van der Waals surface area (Å²) in [4.78, 5) is 15.1. The summed E-state index contributed by atoms with van der Waals surface area (Å²) in [6, 6.07) is 6.66. The van der Waals surface area contributed by atoms with Crippen LogP contribution in [0.25, 0.3) is 0 Å². The van der Waals surface area contributed by atoms with E-state index in [9.17, 15) is 13.6 Å². The molecule has 1 aromatic rings. The largest absolute Gasteiger partial charge is 0.385 e. The van der Waals surface area contributed by atoms with Crippen LogP contribution >= 0.6 is 0 Å². The molecule has 21 heavy (non-hydrogen) atoms. The molecular formula is C14H16AlF2N3O. The Morgan fingerprint density at radius 3 is 2.81 bits per heavy atom. The van der Waals surface area contributed by atoms with Crippen LogP contribution in [-0.4, -0.2) is 38.7 Å². The number of nitrogens with one attached hydrogen (secondary N) is 1. The highest BCUT2D eigenvalue weighted by molar-refractivity contribution is 6.60. The van der Waals surface area contributed by atoms with Crippen LogP contribution in [0.5, 0.6) is 0 Å². The predicted molar refractivity (Wildman–Crippen MR) is 79.2 cm³/mol. The highest BCUT2D eigenvalue weighted by atomic mass is 27.0. The molecule has 0 aliphatic carbocycles. The Balaban J connectivity index is 2.44. The summed E-state index contributed by atoms with van der Waals surface area (Å²) in [6.45, 7) is 2.80. The van der Waals surface area contributed by atoms with Gasteiger partial charge in [-0.25, -0.2) is 8.78 Å². The lowest BCUT2D eigenvalue weighted by Crippen LogP contribution is -2.50. The van der Waals surface area contributed by atoms with Gasteiger partial charge in [0.05, 0.1) is 0 Å². The molecular weight excluding hydrogens is 291 g/mol. The molecule has 1 aliphatic heterocycles. The quantitative estimate of drug-likeness (QED) is 0.824. The summed E-state index contributed by atoms with van der Waals surface area (Å²) < 4.78 is 28.2. The van der Waals surface area contributed by atoms with Gasteiger partial charge in [-0.15, -0.1) is 0 Å². The van der Waals surface area contributed by atoms with E-state index in [1.54, 1.807) is 31.2 Å². The first-order valence-corrected chi connectivity index (χ1v) is 7.09. The van der Waals surface area contributed by atoms with E-state index in [1.165, 1.54) is 6.92 Å². The van der Waals surface area contributed by atoms with Crippen molar-refractivity contribution in [3.8, 4) is 0 Å². The second kappa shape index (κ2) is 5.39. The number of hydrogen-bond acceptors (Lipinski definition) is 3. The lowest BCUT2D eigenvalue weighted by Gasteiger charge is -2.38. The molecule has 2 unspecified atom stereocenters. The Labute approximate surface area is 130 Å². The maximum Gasteiger partial charge on any atom is 0.281 e. The fourth-order valence-corrected chi connectivity index (χ4v) is 2.54. The Kier molecular flexibility index (Phi) is 4.09. The van der Waals surface area contributed by atoms with E-state index in [-0.39, 0.29) is 17.0 Å². The third-order valence-corrected chi connectivity index (χ3v) is 3.92. The number of carbonyl (C=O) groups is 1. The molecule has 0 fully saturated rings. The fraction of sp³-hybridized carbons (Fsp3) is 0.429. The molecule has 0 saturated heterocycles. The summed E-state index contributed by atoms with van der Waals surface area (Å²) >= 11 is 2.00. The summed E-state index contributed by atoms with van der Waals surface area (Å²) in [5.41, 5.74) is 3.48. The highest BCUT2D eigenvalue weighted by Gasteiger charge is 2.48. The van der Waals surface area contributed by atoms with Crippen LogP contribution in [0.4, 0.5) is 19.3 Å². The number of alkyl halides is 2. The SMILES string of the molecule is CC1(F)CC(F)[C@@](C)(c2cccc(N[C](=O)[Al])c2)N=C1N. The predicted octanol–water partition coefficient (Wildman–Crippen LogP) is 2.43. The van der Waals surface area contributed by atoms with Gasteiger partial charge in [0.15, 0.2) is 5.67 Å². The zero-order chi connectivity index (χ0) is 15.8. The van der Waals surface area contributed by atoms with E-state index in [4.69, 9.17) is 5.73 Å². The highest BCUT2D eigenvalue weighted by Crippen LogP contribution is 2.41. The fourth-order valence-electron chi connectivity index (χ4n) is 2.38. The molecule has 7 heteroatoms. The second-order valence-corrected chi connectivity index (χ2v) is 6.11. The molecule has 1 aliphatic rings. The van der Waals surface area contributed by atoms with Gasteiger partial charge in [0.25, 0.3) is 16.3 Å². The van der Waals surface area contributed by atoms with Crippen molar-refractivity contribution in [3.63, 3.8) is 0 Å². The Morgan fingerprint density at radius 1 is 1.52 bits per heavy atom. The lowest BCUT2D eigenvalue weighted by atomic mass is 9.79. The van der Waals surface area contributed by atoms with Crippen LogP contribution in [0, 0.1) is 0 Å². The second-order valence-electron chi connectivity index (χ2n) is 5.58. The maximum absolute atomic E-state index is 14.5. The Morgan fingerprint density at radius 2 is 2.19 bits per heavy atom. The van der Waals surface area contributed by atoms with Crippen molar-refractivity contribution >= 4 is 32.6 Å². The first kappa shape index (κ1) is 15.9.